The topological polar surface area (TPSA) is 52.7 Å². The van der Waals surface area contributed by atoms with Gasteiger partial charge >= 0.3 is 0 Å². The molecule has 2 saturated heterocycles. The van der Waals surface area contributed by atoms with Crippen molar-refractivity contribution in [3.8, 4) is 0 Å². The Morgan fingerprint density at radius 2 is 1.60 bits per heavy atom. The van der Waals surface area contributed by atoms with Crippen molar-refractivity contribution in [3.05, 3.63) is 47.7 Å². The second-order valence-corrected chi connectivity index (χ2v) is 11.0. The number of allylic oxidation sites excluding steroid dienone is 3. The fourth-order valence-corrected chi connectivity index (χ4v) is 6.32. The summed E-state index contributed by atoms with van der Waals surface area (Å²) in [4.78, 5) is 2.96. The van der Waals surface area contributed by atoms with Gasteiger partial charge in [-0.05, 0) is 82.0 Å². The normalized spacial score (nSPS) is 22.5. The number of nitrogens with one attached hydrogen (secondary N) is 1. The van der Waals surface area contributed by atoms with Gasteiger partial charge < -0.3 is 10.2 Å². The summed E-state index contributed by atoms with van der Waals surface area (Å²) >= 11 is 0. The third-order valence-corrected chi connectivity index (χ3v) is 8.74. The molecule has 5 nitrogen and oxygen atoms in total. The lowest BCUT2D eigenvalue weighted by Crippen LogP contribution is -2.40. The molecule has 1 aromatic carbocycles. The minimum atomic E-state index is -3.36. The number of sulfonamides is 1. The standard InChI is InChI=1S/C24H35N3O2S/c1-19(2)26-16-12-21(13-17-26)24-11-8-22(18-25-24)20-6-9-23(10-7-20)30(28,29)27-14-4-3-5-15-27/h6-11,19,21,25H,3-5,12-18H2,1-2H3. The van der Waals surface area contributed by atoms with Crippen LogP contribution in [0, 0.1) is 5.92 Å². The lowest BCUT2D eigenvalue weighted by Gasteiger charge is -2.36. The second-order valence-electron chi connectivity index (χ2n) is 9.06. The Hall–Kier alpha value is -1.63. The Labute approximate surface area is 181 Å². The number of dihydropyridines is 1. The Morgan fingerprint density at radius 3 is 2.17 bits per heavy atom. The third kappa shape index (κ3) is 4.66. The number of rotatable bonds is 5. The van der Waals surface area contributed by atoms with E-state index >= 15 is 0 Å². The molecule has 4 rings (SSSR count). The molecule has 164 valence electrons. The number of piperidine rings is 2. The highest BCUT2D eigenvalue weighted by Gasteiger charge is 2.26. The van der Waals surface area contributed by atoms with Gasteiger partial charge in [-0.25, -0.2) is 8.42 Å². The van der Waals surface area contributed by atoms with Crippen LogP contribution in [0.5, 0.6) is 0 Å². The largest absolute Gasteiger partial charge is 0.384 e. The van der Waals surface area contributed by atoms with Crippen molar-refractivity contribution in [2.75, 3.05) is 32.7 Å². The fourth-order valence-electron chi connectivity index (χ4n) is 4.81. The monoisotopic (exact) mass is 429 g/mol. The van der Waals surface area contributed by atoms with Crippen LogP contribution >= 0.6 is 0 Å². The molecule has 0 aliphatic carbocycles. The van der Waals surface area contributed by atoms with E-state index in [1.165, 1.54) is 37.2 Å². The van der Waals surface area contributed by atoms with Gasteiger partial charge in [0.15, 0.2) is 0 Å². The van der Waals surface area contributed by atoms with E-state index in [9.17, 15) is 8.42 Å². The van der Waals surface area contributed by atoms with Crippen LogP contribution in [-0.4, -0.2) is 56.4 Å². The number of benzene rings is 1. The van der Waals surface area contributed by atoms with Gasteiger partial charge in [-0.3, -0.25) is 0 Å². The van der Waals surface area contributed by atoms with Gasteiger partial charge in [-0.15, -0.1) is 0 Å². The van der Waals surface area contributed by atoms with E-state index in [1.807, 2.05) is 12.1 Å². The zero-order valence-corrected chi connectivity index (χ0v) is 19.1. The van der Waals surface area contributed by atoms with Crippen molar-refractivity contribution in [2.45, 2.75) is 56.9 Å². The summed E-state index contributed by atoms with van der Waals surface area (Å²) in [6.45, 7) is 8.98. The van der Waals surface area contributed by atoms with Gasteiger partial charge in [0.2, 0.25) is 10.0 Å². The van der Waals surface area contributed by atoms with E-state index < -0.39 is 10.0 Å². The van der Waals surface area contributed by atoms with Crippen LogP contribution in [-0.2, 0) is 10.0 Å². The highest BCUT2D eigenvalue weighted by Crippen LogP contribution is 2.28. The van der Waals surface area contributed by atoms with Crippen LogP contribution in [0.3, 0.4) is 0 Å². The maximum Gasteiger partial charge on any atom is 0.243 e. The molecular weight excluding hydrogens is 394 g/mol. The van der Waals surface area contributed by atoms with E-state index in [4.69, 9.17) is 0 Å². The molecule has 0 radical (unpaired) electrons. The Bertz CT molecular complexity index is 889. The number of nitrogens with zero attached hydrogens (tertiary/aromatic N) is 2. The average Bonchev–Trinajstić information content (AvgIpc) is 2.80. The van der Waals surface area contributed by atoms with Crippen molar-refractivity contribution in [3.63, 3.8) is 0 Å². The number of hydrogen-bond acceptors (Lipinski definition) is 4. The summed E-state index contributed by atoms with van der Waals surface area (Å²) in [5, 5.41) is 3.63. The van der Waals surface area contributed by atoms with Crippen LogP contribution in [0.2, 0.25) is 0 Å². The third-order valence-electron chi connectivity index (χ3n) is 6.82. The summed E-state index contributed by atoms with van der Waals surface area (Å²) in [5.74, 6) is 0.620. The molecule has 1 aromatic rings. The minimum Gasteiger partial charge on any atom is -0.384 e. The molecule has 3 aliphatic heterocycles. The summed E-state index contributed by atoms with van der Waals surface area (Å²) in [6, 6.07) is 8.06. The first-order chi connectivity index (χ1) is 14.4. The fraction of sp³-hybridized carbons (Fsp3) is 0.583. The first kappa shape index (κ1) is 21.6. The Kier molecular flexibility index (Phi) is 6.66. The molecule has 0 aromatic heterocycles. The summed E-state index contributed by atoms with van der Waals surface area (Å²) in [6.07, 6.45) is 9.90. The Balaban J connectivity index is 1.41. The molecule has 1 N–H and O–H groups in total. The zero-order chi connectivity index (χ0) is 21.1. The zero-order valence-electron chi connectivity index (χ0n) is 18.3. The van der Waals surface area contributed by atoms with E-state index in [-0.39, 0.29) is 0 Å². The lowest BCUT2D eigenvalue weighted by molar-refractivity contribution is 0.158. The second kappa shape index (κ2) is 9.25. The highest BCUT2D eigenvalue weighted by atomic mass is 32.2. The smallest absolute Gasteiger partial charge is 0.243 e. The molecule has 6 heteroatoms. The molecule has 3 heterocycles. The summed E-state index contributed by atoms with van der Waals surface area (Å²) in [5.41, 5.74) is 3.65. The molecule has 0 unspecified atom stereocenters. The van der Waals surface area contributed by atoms with Gasteiger partial charge in [0, 0.05) is 37.3 Å². The first-order valence-corrected chi connectivity index (χ1v) is 12.9. The molecule has 30 heavy (non-hydrogen) atoms. The molecule has 0 spiro atoms. The highest BCUT2D eigenvalue weighted by molar-refractivity contribution is 7.89. The average molecular weight is 430 g/mol. The van der Waals surface area contributed by atoms with Crippen molar-refractivity contribution < 1.29 is 8.42 Å². The van der Waals surface area contributed by atoms with Gasteiger partial charge in [0.1, 0.15) is 0 Å². The Morgan fingerprint density at radius 1 is 0.933 bits per heavy atom. The van der Waals surface area contributed by atoms with Crippen molar-refractivity contribution >= 4 is 15.6 Å². The van der Waals surface area contributed by atoms with Gasteiger partial charge in [-0.1, -0.05) is 24.6 Å². The predicted octanol–water partition coefficient (Wildman–Crippen LogP) is 3.85. The van der Waals surface area contributed by atoms with Crippen molar-refractivity contribution in [1.82, 2.24) is 14.5 Å². The molecule has 0 saturated carbocycles. The minimum absolute atomic E-state index is 0.408. The van der Waals surface area contributed by atoms with Crippen LogP contribution < -0.4 is 5.32 Å². The summed E-state index contributed by atoms with van der Waals surface area (Å²) < 4.78 is 27.3. The van der Waals surface area contributed by atoms with Gasteiger partial charge in [-0.2, -0.15) is 4.31 Å². The van der Waals surface area contributed by atoms with Crippen molar-refractivity contribution in [1.29, 1.82) is 0 Å². The van der Waals surface area contributed by atoms with Crippen LogP contribution in [0.25, 0.3) is 5.57 Å². The molecule has 0 bridgehead atoms. The molecular formula is C24H35N3O2S. The molecule has 3 aliphatic rings. The molecule has 0 amide bonds. The SMILES string of the molecule is CC(C)N1CCC(C2=CC=C(c3ccc(S(=O)(=O)N4CCCCC4)cc3)CN2)CC1. The summed E-state index contributed by atoms with van der Waals surface area (Å²) in [7, 11) is -3.36. The molecule has 0 atom stereocenters. The van der Waals surface area contributed by atoms with E-state index in [1.54, 1.807) is 16.4 Å². The maximum atomic E-state index is 12.8. The van der Waals surface area contributed by atoms with Crippen LogP contribution in [0.15, 0.2) is 47.0 Å². The van der Waals surface area contributed by atoms with Crippen LogP contribution in [0.1, 0.15) is 51.5 Å². The molecule has 2 fully saturated rings. The van der Waals surface area contributed by atoms with Gasteiger partial charge in [0.25, 0.3) is 0 Å². The van der Waals surface area contributed by atoms with E-state index in [2.05, 4.69) is 36.2 Å². The first-order valence-electron chi connectivity index (χ1n) is 11.4. The maximum absolute atomic E-state index is 12.8. The van der Waals surface area contributed by atoms with E-state index in [0.717, 1.165) is 31.4 Å². The predicted molar refractivity (Wildman–Crippen MR) is 123 cm³/mol. The lowest BCUT2D eigenvalue weighted by atomic mass is 9.90. The quantitative estimate of drug-likeness (QED) is 0.772. The van der Waals surface area contributed by atoms with E-state index in [0.29, 0.717) is 29.9 Å². The number of likely N-dealkylation sites (tertiary alicyclic amines) is 1. The van der Waals surface area contributed by atoms with Crippen LogP contribution in [0.4, 0.5) is 0 Å². The van der Waals surface area contributed by atoms with Gasteiger partial charge in [0.05, 0.1) is 4.90 Å². The number of hydrogen-bond donors (Lipinski definition) is 1. The van der Waals surface area contributed by atoms with Crippen molar-refractivity contribution in [2.24, 2.45) is 5.92 Å².